The maximum Gasteiger partial charge on any atom is 0.405 e. The van der Waals surface area contributed by atoms with Crippen LogP contribution in [0, 0.1) is 0 Å². The standard InChI is InChI=1S/C11H21F3N2O/c1-5-10(4,6-2)16-8(3)9(17)15-7-11(12,13)14/h8,16H,5-7H2,1-4H3,(H,15,17). The molecule has 0 aromatic rings. The molecule has 0 aliphatic heterocycles. The van der Waals surface area contributed by atoms with E-state index in [1.54, 1.807) is 6.92 Å². The lowest BCUT2D eigenvalue weighted by Crippen LogP contribution is -2.53. The molecule has 3 nitrogen and oxygen atoms in total. The van der Waals surface area contributed by atoms with Gasteiger partial charge in [0, 0.05) is 5.54 Å². The van der Waals surface area contributed by atoms with Gasteiger partial charge >= 0.3 is 6.18 Å². The molecule has 1 amide bonds. The zero-order valence-corrected chi connectivity index (χ0v) is 10.7. The second-order valence-corrected chi connectivity index (χ2v) is 4.47. The molecule has 1 unspecified atom stereocenters. The van der Waals surface area contributed by atoms with Gasteiger partial charge in [-0.1, -0.05) is 13.8 Å². The molecule has 0 rings (SSSR count). The lowest BCUT2D eigenvalue weighted by atomic mass is 9.94. The van der Waals surface area contributed by atoms with Gasteiger partial charge in [0.15, 0.2) is 0 Å². The maximum absolute atomic E-state index is 11.9. The van der Waals surface area contributed by atoms with Gasteiger partial charge in [-0.15, -0.1) is 0 Å². The first-order chi connectivity index (χ1) is 7.63. The van der Waals surface area contributed by atoms with E-state index in [1.165, 1.54) is 0 Å². The number of alkyl halides is 3. The molecule has 2 N–H and O–H groups in total. The number of halogens is 3. The number of amides is 1. The van der Waals surface area contributed by atoms with Gasteiger partial charge in [0.05, 0.1) is 6.04 Å². The summed E-state index contributed by atoms with van der Waals surface area (Å²) >= 11 is 0. The second-order valence-electron chi connectivity index (χ2n) is 4.47. The second kappa shape index (κ2) is 6.23. The lowest BCUT2D eigenvalue weighted by Gasteiger charge is -2.31. The molecule has 1 atom stereocenters. The lowest BCUT2D eigenvalue weighted by molar-refractivity contribution is -0.139. The third-order valence-corrected chi connectivity index (χ3v) is 2.98. The molecule has 0 radical (unpaired) electrons. The Balaban J connectivity index is 4.23. The molecule has 0 aromatic heterocycles. The van der Waals surface area contributed by atoms with Gasteiger partial charge < -0.3 is 10.6 Å². The Morgan fingerprint density at radius 1 is 1.24 bits per heavy atom. The van der Waals surface area contributed by atoms with Crippen LogP contribution in [0.2, 0.25) is 0 Å². The van der Waals surface area contributed by atoms with Gasteiger partial charge in [0.2, 0.25) is 5.91 Å². The first-order valence-corrected chi connectivity index (χ1v) is 5.75. The summed E-state index contributed by atoms with van der Waals surface area (Å²) in [5.41, 5.74) is -0.227. The Labute approximate surface area is 100 Å². The average Bonchev–Trinajstić information content (AvgIpc) is 2.24. The smallest absolute Gasteiger partial charge is 0.346 e. The summed E-state index contributed by atoms with van der Waals surface area (Å²) in [6.45, 7) is 6.16. The first-order valence-electron chi connectivity index (χ1n) is 5.75. The summed E-state index contributed by atoms with van der Waals surface area (Å²) in [6, 6.07) is -0.637. The molecule has 17 heavy (non-hydrogen) atoms. The number of nitrogens with one attached hydrogen (secondary N) is 2. The van der Waals surface area contributed by atoms with Crippen LogP contribution in [-0.2, 0) is 4.79 Å². The fourth-order valence-electron chi connectivity index (χ4n) is 1.38. The normalized spacial score (nSPS) is 14.5. The molecule has 0 fully saturated rings. The van der Waals surface area contributed by atoms with E-state index < -0.39 is 24.7 Å². The summed E-state index contributed by atoms with van der Waals surface area (Å²) in [4.78, 5) is 11.4. The monoisotopic (exact) mass is 254 g/mol. The summed E-state index contributed by atoms with van der Waals surface area (Å²) in [7, 11) is 0. The molecule has 0 aromatic carbocycles. The van der Waals surface area contributed by atoms with Crippen molar-refractivity contribution in [3.63, 3.8) is 0 Å². The van der Waals surface area contributed by atoms with E-state index in [0.29, 0.717) is 0 Å². The van der Waals surface area contributed by atoms with E-state index in [1.807, 2.05) is 26.1 Å². The van der Waals surface area contributed by atoms with Crippen molar-refractivity contribution in [2.45, 2.75) is 58.3 Å². The summed E-state index contributed by atoms with van der Waals surface area (Å²) in [5, 5.41) is 4.92. The molecular weight excluding hydrogens is 233 g/mol. The maximum atomic E-state index is 11.9. The Morgan fingerprint density at radius 2 is 1.71 bits per heavy atom. The zero-order valence-electron chi connectivity index (χ0n) is 10.7. The van der Waals surface area contributed by atoms with E-state index >= 15 is 0 Å². The SMILES string of the molecule is CCC(C)(CC)NC(C)C(=O)NCC(F)(F)F. The molecular formula is C11H21F3N2O. The molecule has 0 aliphatic rings. The third kappa shape index (κ3) is 6.51. The Hall–Kier alpha value is -0.780. The Kier molecular flexibility index (Phi) is 5.95. The van der Waals surface area contributed by atoms with Crippen LogP contribution in [0.25, 0.3) is 0 Å². The highest BCUT2D eigenvalue weighted by Gasteiger charge is 2.30. The van der Waals surface area contributed by atoms with Crippen molar-refractivity contribution >= 4 is 5.91 Å². The summed E-state index contributed by atoms with van der Waals surface area (Å²) in [6.07, 6.45) is -2.75. The van der Waals surface area contributed by atoms with Crippen molar-refractivity contribution in [1.29, 1.82) is 0 Å². The van der Waals surface area contributed by atoms with E-state index in [0.717, 1.165) is 12.8 Å². The van der Waals surface area contributed by atoms with Crippen LogP contribution in [-0.4, -0.2) is 30.2 Å². The predicted octanol–water partition coefficient (Wildman–Crippen LogP) is 2.22. The van der Waals surface area contributed by atoms with Crippen LogP contribution < -0.4 is 10.6 Å². The van der Waals surface area contributed by atoms with Crippen molar-refractivity contribution in [1.82, 2.24) is 10.6 Å². The van der Waals surface area contributed by atoms with E-state index in [-0.39, 0.29) is 5.54 Å². The number of rotatable bonds is 6. The molecule has 6 heteroatoms. The van der Waals surface area contributed by atoms with E-state index in [9.17, 15) is 18.0 Å². The minimum atomic E-state index is -4.37. The van der Waals surface area contributed by atoms with Gasteiger partial charge in [0.1, 0.15) is 6.54 Å². The predicted molar refractivity (Wildman–Crippen MR) is 60.6 cm³/mol. The van der Waals surface area contributed by atoms with Crippen molar-refractivity contribution in [2.75, 3.05) is 6.54 Å². The largest absolute Gasteiger partial charge is 0.405 e. The van der Waals surface area contributed by atoms with Crippen LogP contribution in [0.3, 0.4) is 0 Å². The van der Waals surface area contributed by atoms with Gasteiger partial charge in [-0.2, -0.15) is 13.2 Å². The summed E-state index contributed by atoms with van der Waals surface area (Å²) < 4.78 is 35.7. The van der Waals surface area contributed by atoms with Gasteiger partial charge in [0.25, 0.3) is 0 Å². The Morgan fingerprint density at radius 3 is 2.06 bits per heavy atom. The van der Waals surface area contributed by atoms with Crippen molar-refractivity contribution in [2.24, 2.45) is 0 Å². The number of carbonyl (C=O) groups is 1. The van der Waals surface area contributed by atoms with Crippen molar-refractivity contribution in [3.05, 3.63) is 0 Å². The topological polar surface area (TPSA) is 41.1 Å². The molecule has 0 saturated heterocycles. The van der Waals surface area contributed by atoms with Crippen LogP contribution >= 0.6 is 0 Å². The molecule has 0 aliphatic carbocycles. The fourth-order valence-corrected chi connectivity index (χ4v) is 1.38. The van der Waals surface area contributed by atoms with Crippen LogP contribution in [0.5, 0.6) is 0 Å². The third-order valence-electron chi connectivity index (χ3n) is 2.98. The van der Waals surface area contributed by atoms with Crippen LogP contribution in [0.15, 0.2) is 0 Å². The first kappa shape index (κ1) is 16.2. The molecule has 0 spiro atoms. The quantitative estimate of drug-likeness (QED) is 0.763. The minimum absolute atomic E-state index is 0.227. The summed E-state index contributed by atoms with van der Waals surface area (Å²) in [5.74, 6) is -0.629. The van der Waals surface area contributed by atoms with E-state index in [4.69, 9.17) is 0 Å². The Bertz CT molecular complexity index is 250. The van der Waals surface area contributed by atoms with Gasteiger partial charge in [-0.3, -0.25) is 4.79 Å². The highest BCUT2D eigenvalue weighted by Crippen LogP contribution is 2.15. The van der Waals surface area contributed by atoms with E-state index in [2.05, 4.69) is 5.32 Å². The number of carbonyl (C=O) groups excluding carboxylic acids is 1. The molecule has 0 heterocycles. The zero-order chi connectivity index (χ0) is 13.7. The molecule has 0 saturated carbocycles. The highest BCUT2D eigenvalue weighted by molar-refractivity contribution is 5.81. The van der Waals surface area contributed by atoms with Crippen LogP contribution in [0.4, 0.5) is 13.2 Å². The highest BCUT2D eigenvalue weighted by atomic mass is 19.4. The fraction of sp³-hybridized carbons (Fsp3) is 0.909. The van der Waals surface area contributed by atoms with Crippen LogP contribution in [0.1, 0.15) is 40.5 Å². The molecule has 0 bridgehead atoms. The minimum Gasteiger partial charge on any atom is -0.346 e. The van der Waals surface area contributed by atoms with Crippen molar-refractivity contribution in [3.8, 4) is 0 Å². The number of hydrogen-bond acceptors (Lipinski definition) is 2. The molecule has 102 valence electrons. The van der Waals surface area contributed by atoms with Crippen molar-refractivity contribution < 1.29 is 18.0 Å². The van der Waals surface area contributed by atoms with Gasteiger partial charge in [-0.05, 0) is 26.7 Å². The van der Waals surface area contributed by atoms with Gasteiger partial charge in [-0.25, -0.2) is 0 Å². The average molecular weight is 254 g/mol. The number of hydrogen-bond donors (Lipinski definition) is 2.